The van der Waals surface area contributed by atoms with E-state index in [0.717, 1.165) is 0 Å². The van der Waals surface area contributed by atoms with Gasteiger partial charge in [-0.25, -0.2) is 0 Å². The van der Waals surface area contributed by atoms with Crippen molar-refractivity contribution in [3.63, 3.8) is 0 Å². The first-order chi connectivity index (χ1) is 8.41. The van der Waals surface area contributed by atoms with Crippen LogP contribution in [0.2, 0.25) is 10.0 Å². The van der Waals surface area contributed by atoms with Crippen molar-refractivity contribution in [3.05, 3.63) is 28.2 Å². The fourth-order valence-corrected chi connectivity index (χ4v) is 1.47. The molecule has 1 aromatic carbocycles. The van der Waals surface area contributed by atoms with E-state index in [-0.39, 0.29) is 11.2 Å². The van der Waals surface area contributed by atoms with E-state index in [4.69, 9.17) is 33.7 Å². The summed E-state index contributed by atoms with van der Waals surface area (Å²) >= 11 is 16.6. The third-order valence-corrected chi connectivity index (χ3v) is 3.04. The van der Waals surface area contributed by atoms with E-state index in [9.17, 15) is 0 Å². The molecular formula is C11H13Cl2N3OS. The van der Waals surface area contributed by atoms with Gasteiger partial charge in [0.25, 0.3) is 0 Å². The minimum Gasteiger partial charge on any atom is -0.483 e. The molecule has 0 aliphatic heterocycles. The van der Waals surface area contributed by atoms with Crippen LogP contribution in [0.4, 0.5) is 0 Å². The van der Waals surface area contributed by atoms with Crippen LogP contribution in [0.5, 0.6) is 5.75 Å². The molecule has 7 heteroatoms. The maximum Gasteiger partial charge on any atom is 0.184 e. The van der Waals surface area contributed by atoms with Crippen LogP contribution in [0.15, 0.2) is 23.3 Å². The predicted molar refractivity (Wildman–Crippen MR) is 79.6 cm³/mol. The summed E-state index contributed by atoms with van der Waals surface area (Å²) in [4.78, 5) is 0. The topological polar surface area (TPSA) is 59.6 Å². The minimum atomic E-state index is -0.289. The van der Waals surface area contributed by atoms with Gasteiger partial charge in [0.05, 0.1) is 10.7 Å². The molecule has 0 fully saturated rings. The van der Waals surface area contributed by atoms with Gasteiger partial charge in [0, 0.05) is 0 Å². The Kier molecular flexibility index (Phi) is 5.65. The van der Waals surface area contributed by atoms with Gasteiger partial charge < -0.3 is 10.5 Å². The highest BCUT2D eigenvalue weighted by Crippen LogP contribution is 2.32. The second-order valence-electron chi connectivity index (χ2n) is 3.54. The maximum atomic E-state index is 6.02. The molecule has 0 radical (unpaired) electrons. The molecule has 0 heterocycles. The number of hydrogen-bond acceptors (Lipinski definition) is 3. The molecule has 1 unspecified atom stereocenters. The first kappa shape index (κ1) is 15.0. The zero-order chi connectivity index (χ0) is 13.7. The Balaban J connectivity index is 2.75. The van der Waals surface area contributed by atoms with Gasteiger partial charge in [0.2, 0.25) is 0 Å². The van der Waals surface area contributed by atoms with Crippen LogP contribution in [-0.2, 0) is 0 Å². The van der Waals surface area contributed by atoms with Crippen molar-refractivity contribution in [1.82, 2.24) is 5.43 Å². The van der Waals surface area contributed by atoms with E-state index in [1.807, 2.05) is 6.92 Å². The number of rotatable bonds is 4. The Hall–Kier alpha value is -1.04. The lowest BCUT2D eigenvalue weighted by Crippen LogP contribution is -2.29. The van der Waals surface area contributed by atoms with Crippen molar-refractivity contribution in [2.24, 2.45) is 10.8 Å². The highest BCUT2D eigenvalue weighted by Gasteiger charge is 2.12. The van der Waals surface area contributed by atoms with E-state index >= 15 is 0 Å². The predicted octanol–water partition coefficient (Wildman–Crippen LogP) is 2.97. The standard InChI is InChI=1S/C11H13Cl2N3OS/c1-6(15-16-11(14)18)7(2)17-9-5-3-4-8(12)10(9)13/h3-5,7H,1-2H3,(H3,14,16,18)/b15-6+. The number of nitrogens with one attached hydrogen (secondary N) is 1. The lowest BCUT2D eigenvalue weighted by atomic mass is 10.2. The van der Waals surface area contributed by atoms with Crippen molar-refractivity contribution in [1.29, 1.82) is 0 Å². The Morgan fingerprint density at radius 2 is 2.17 bits per heavy atom. The number of halogens is 2. The quantitative estimate of drug-likeness (QED) is 0.510. The average Bonchev–Trinajstić information content (AvgIpc) is 2.31. The molecule has 18 heavy (non-hydrogen) atoms. The van der Waals surface area contributed by atoms with Gasteiger partial charge in [-0.2, -0.15) is 5.10 Å². The van der Waals surface area contributed by atoms with Gasteiger partial charge in [-0.05, 0) is 38.2 Å². The van der Waals surface area contributed by atoms with Gasteiger partial charge >= 0.3 is 0 Å². The summed E-state index contributed by atoms with van der Waals surface area (Å²) in [5.74, 6) is 0.501. The van der Waals surface area contributed by atoms with Gasteiger partial charge in [0.1, 0.15) is 16.9 Å². The molecule has 1 atom stereocenters. The van der Waals surface area contributed by atoms with E-state index in [0.29, 0.717) is 21.5 Å². The molecule has 1 rings (SSSR count). The van der Waals surface area contributed by atoms with Crippen LogP contribution >= 0.6 is 35.4 Å². The van der Waals surface area contributed by atoms with Crippen LogP contribution in [0, 0.1) is 0 Å². The average molecular weight is 306 g/mol. The number of thiocarbonyl (C=S) groups is 1. The molecule has 4 nitrogen and oxygen atoms in total. The zero-order valence-electron chi connectivity index (χ0n) is 9.91. The fourth-order valence-electron chi connectivity index (χ4n) is 1.08. The zero-order valence-corrected chi connectivity index (χ0v) is 12.2. The molecule has 0 amide bonds. The van der Waals surface area contributed by atoms with E-state index in [1.165, 1.54) is 0 Å². The summed E-state index contributed by atoms with van der Waals surface area (Å²) in [6.45, 7) is 3.62. The number of hydrazone groups is 1. The number of benzene rings is 1. The maximum absolute atomic E-state index is 6.02. The van der Waals surface area contributed by atoms with Crippen LogP contribution < -0.4 is 15.9 Å². The third-order valence-electron chi connectivity index (χ3n) is 2.15. The highest BCUT2D eigenvalue weighted by atomic mass is 35.5. The molecule has 0 saturated carbocycles. The van der Waals surface area contributed by atoms with Crippen molar-refractivity contribution in [2.45, 2.75) is 20.0 Å². The van der Waals surface area contributed by atoms with Gasteiger partial charge in [-0.15, -0.1) is 0 Å². The van der Waals surface area contributed by atoms with Crippen LogP contribution in [0.3, 0.4) is 0 Å². The molecule has 1 aromatic rings. The Labute approximate surface area is 121 Å². The van der Waals surface area contributed by atoms with E-state index < -0.39 is 0 Å². The molecule has 0 bridgehead atoms. The third kappa shape index (κ3) is 4.33. The summed E-state index contributed by atoms with van der Waals surface area (Å²) in [6.07, 6.45) is -0.289. The Morgan fingerprint density at radius 1 is 1.50 bits per heavy atom. The highest BCUT2D eigenvalue weighted by molar-refractivity contribution is 7.80. The van der Waals surface area contributed by atoms with Crippen molar-refractivity contribution < 1.29 is 4.74 Å². The first-order valence-corrected chi connectivity index (χ1v) is 6.28. The largest absolute Gasteiger partial charge is 0.483 e. The van der Waals surface area contributed by atoms with Gasteiger partial charge in [-0.3, -0.25) is 5.43 Å². The molecule has 3 N–H and O–H groups in total. The van der Waals surface area contributed by atoms with Crippen LogP contribution in [0.25, 0.3) is 0 Å². The molecule has 0 spiro atoms. The number of nitrogens with two attached hydrogens (primary N) is 1. The molecule has 0 aliphatic rings. The van der Waals surface area contributed by atoms with Crippen molar-refractivity contribution >= 4 is 46.2 Å². The van der Waals surface area contributed by atoms with Gasteiger partial charge in [0.15, 0.2) is 5.11 Å². The first-order valence-electron chi connectivity index (χ1n) is 5.12. The molecular weight excluding hydrogens is 293 g/mol. The van der Waals surface area contributed by atoms with E-state index in [1.54, 1.807) is 25.1 Å². The molecule has 0 aromatic heterocycles. The fraction of sp³-hybridized carbons (Fsp3) is 0.273. The van der Waals surface area contributed by atoms with E-state index in [2.05, 4.69) is 22.7 Å². The Morgan fingerprint density at radius 3 is 2.78 bits per heavy atom. The molecule has 98 valence electrons. The monoisotopic (exact) mass is 305 g/mol. The lowest BCUT2D eigenvalue weighted by Gasteiger charge is -2.16. The second-order valence-corrected chi connectivity index (χ2v) is 4.77. The Bertz CT molecular complexity index is 479. The number of nitrogens with zero attached hydrogens (tertiary/aromatic N) is 1. The van der Waals surface area contributed by atoms with Crippen LogP contribution in [-0.4, -0.2) is 16.9 Å². The number of hydrogen-bond donors (Lipinski definition) is 2. The smallest absolute Gasteiger partial charge is 0.184 e. The second kappa shape index (κ2) is 6.78. The summed E-state index contributed by atoms with van der Waals surface area (Å²) in [7, 11) is 0. The lowest BCUT2D eigenvalue weighted by molar-refractivity contribution is 0.286. The summed E-state index contributed by atoms with van der Waals surface area (Å²) < 4.78 is 5.65. The summed E-state index contributed by atoms with van der Waals surface area (Å²) in [5, 5.41) is 4.89. The van der Waals surface area contributed by atoms with Crippen molar-refractivity contribution in [2.75, 3.05) is 0 Å². The summed E-state index contributed by atoms with van der Waals surface area (Å²) in [6, 6.07) is 5.19. The SMILES string of the molecule is C/C(=N\NC(N)=S)C(C)Oc1cccc(Cl)c1Cl. The normalized spacial score (nSPS) is 13.0. The van der Waals surface area contributed by atoms with Crippen LogP contribution in [0.1, 0.15) is 13.8 Å². The molecule has 0 aliphatic carbocycles. The molecule has 0 saturated heterocycles. The summed E-state index contributed by atoms with van der Waals surface area (Å²) in [5.41, 5.74) is 8.45. The van der Waals surface area contributed by atoms with Crippen molar-refractivity contribution in [3.8, 4) is 5.75 Å². The number of ether oxygens (including phenoxy) is 1. The van der Waals surface area contributed by atoms with Gasteiger partial charge in [-0.1, -0.05) is 29.3 Å². The minimum absolute atomic E-state index is 0.0994.